The molecule has 7 nitrogen and oxygen atoms in total. The number of nitrogens with one attached hydrogen (secondary N) is 1. The Bertz CT molecular complexity index is 906. The van der Waals surface area contributed by atoms with Crippen molar-refractivity contribution in [3.63, 3.8) is 0 Å². The lowest BCUT2D eigenvalue weighted by molar-refractivity contribution is -0.135. The Morgan fingerprint density at radius 1 is 1.00 bits per heavy atom. The fraction of sp³-hybridized carbons (Fsp3) is 0.591. The summed E-state index contributed by atoms with van der Waals surface area (Å²) in [6.45, 7) is 7.06. The highest BCUT2D eigenvalue weighted by atomic mass is 16.2. The van der Waals surface area contributed by atoms with Crippen molar-refractivity contribution in [1.82, 2.24) is 19.4 Å². The van der Waals surface area contributed by atoms with Crippen LogP contribution in [0.4, 0.5) is 0 Å². The maximum absolute atomic E-state index is 12.8. The molecule has 1 aromatic carbocycles. The fourth-order valence-corrected chi connectivity index (χ4v) is 4.08. The molecule has 1 saturated heterocycles. The molecule has 0 bridgehead atoms. The first kappa shape index (κ1) is 21.1. The van der Waals surface area contributed by atoms with E-state index in [2.05, 4.69) is 5.32 Å². The molecule has 2 aromatic rings. The van der Waals surface area contributed by atoms with Crippen molar-refractivity contribution < 1.29 is 9.59 Å². The monoisotopic (exact) mass is 400 g/mol. The Morgan fingerprint density at radius 2 is 1.62 bits per heavy atom. The van der Waals surface area contributed by atoms with Crippen molar-refractivity contribution in [2.75, 3.05) is 19.6 Å². The predicted molar refractivity (Wildman–Crippen MR) is 114 cm³/mol. The summed E-state index contributed by atoms with van der Waals surface area (Å²) in [5.41, 5.74) is 1.75. The van der Waals surface area contributed by atoms with E-state index in [9.17, 15) is 14.4 Å². The lowest BCUT2D eigenvalue weighted by atomic mass is 9.95. The summed E-state index contributed by atoms with van der Waals surface area (Å²) in [5.74, 6) is 0.158. The van der Waals surface area contributed by atoms with Crippen molar-refractivity contribution in [3.8, 4) is 0 Å². The summed E-state index contributed by atoms with van der Waals surface area (Å²) < 4.78 is 3.51. The van der Waals surface area contributed by atoms with Gasteiger partial charge >= 0.3 is 5.69 Å². The first-order valence-corrected chi connectivity index (χ1v) is 10.8. The van der Waals surface area contributed by atoms with Crippen LogP contribution in [-0.2, 0) is 22.7 Å². The molecule has 0 spiro atoms. The zero-order chi connectivity index (χ0) is 20.8. The number of aryl methyl sites for hydroxylation is 2. The fourth-order valence-electron chi connectivity index (χ4n) is 4.08. The molecule has 2 heterocycles. The molecule has 1 aliphatic heterocycles. The smallest absolute Gasteiger partial charge is 0.329 e. The third-order valence-electron chi connectivity index (χ3n) is 5.69. The predicted octanol–water partition coefficient (Wildman–Crippen LogP) is 2.37. The number of amides is 2. The highest BCUT2D eigenvalue weighted by Crippen LogP contribution is 2.19. The van der Waals surface area contributed by atoms with Gasteiger partial charge in [-0.1, -0.05) is 26.0 Å². The van der Waals surface area contributed by atoms with E-state index < -0.39 is 0 Å². The van der Waals surface area contributed by atoms with E-state index in [1.807, 2.05) is 43.0 Å². The molecule has 0 unspecified atom stereocenters. The lowest BCUT2D eigenvalue weighted by Crippen LogP contribution is -2.43. The number of rotatable bonds is 8. The molecule has 0 saturated carbocycles. The Balaban J connectivity index is 1.60. The van der Waals surface area contributed by atoms with Gasteiger partial charge in [-0.2, -0.15) is 0 Å². The number of likely N-dealkylation sites (tertiary alicyclic amines) is 1. The number of aromatic nitrogens is 2. The highest BCUT2D eigenvalue weighted by molar-refractivity contribution is 5.80. The molecule has 0 radical (unpaired) electrons. The first-order valence-electron chi connectivity index (χ1n) is 10.8. The second-order valence-corrected chi connectivity index (χ2v) is 7.77. The van der Waals surface area contributed by atoms with Crippen LogP contribution < -0.4 is 11.0 Å². The van der Waals surface area contributed by atoms with Gasteiger partial charge in [-0.15, -0.1) is 0 Å². The van der Waals surface area contributed by atoms with Crippen LogP contribution in [0.25, 0.3) is 11.0 Å². The van der Waals surface area contributed by atoms with Crippen molar-refractivity contribution >= 4 is 22.8 Å². The van der Waals surface area contributed by atoms with Crippen molar-refractivity contribution in [1.29, 1.82) is 0 Å². The summed E-state index contributed by atoms with van der Waals surface area (Å²) in [4.78, 5) is 39.5. The minimum atomic E-state index is -0.0489. The SMILES string of the molecule is CCCNC(=O)C1CCN(C(=O)CCn2c(=O)n(CCC)c3ccccc32)CC1. The zero-order valence-electron chi connectivity index (χ0n) is 17.5. The van der Waals surface area contributed by atoms with Gasteiger partial charge < -0.3 is 10.2 Å². The summed E-state index contributed by atoms with van der Waals surface area (Å²) in [6.07, 6.45) is 3.52. The van der Waals surface area contributed by atoms with Gasteiger partial charge in [-0.3, -0.25) is 18.7 Å². The van der Waals surface area contributed by atoms with Crippen LogP contribution in [0, 0.1) is 5.92 Å². The van der Waals surface area contributed by atoms with Gasteiger partial charge in [0.1, 0.15) is 0 Å². The number of imidazole rings is 1. The van der Waals surface area contributed by atoms with Gasteiger partial charge in [0.2, 0.25) is 11.8 Å². The molecular formula is C22H32N4O3. The molecule has 3 rings (SSSR count). The molecular weight excluding hydrogens is 368 g/mol. The maximum atomic E-state index is 12.8. The number of piperidine rings is 1. The van der Waals surface area contributed by atoms with Crippen LogP contribution in [0.5, 0.6) is 0 Å². The number of para-hydroxylation sites is 2. The molecule has 1 aromatic heterocycles. The second-order valence-electron chi connectivity index (χ2n) is 7.77. The number of carbonyl (C=O) groups is 2. The van der Waals surface area contributed by atoms with E-state index in [0.717, 1.165) is 23.9 Å². The van der Waals surface area contributed by atoms with Crippen LogP contribution in [0.15, 0.2) is 29.1 Å². The van der Waals surface area contributed by atoms with Crippen LogP contribution in [0.3, 0.4) is 0 Å². The summed E-state index contributed by atoms with van der Waals surface area (Å²) in [7, 11) is 0. The quantitative estimate of drug-likeness (QED) is 0.739. The van der Waals surface area contributed by atoms with Gasteiger partial charge in [-0.05, 0) is 37.8 Å². The molecule has 1 N–H and O–H groups in total. The Labute approximate surface area is 171 Å². The van der Waals surface area contributed by atoms with Crippen LogP contribution in [-0.4, -0.2) is 45.5 Å². The van der Waals surface area contributed by atoms with Crippen LogP contribution >= 0.6 is 0 Å². The summed E-state index contributed by atoms with van der Waals surface area (Å²) >= 11 is 0. The highest BCUT2D eigenvalue weighted by Gasteiger charge is 2.27. The van der Waals surface area contributed by atoms with Gasteiger partial charge in [0.25, 0.3) is 0 Å². The average molecular weight is 401 g/mol. The zero-order valence-corrected chi connectivity index (χ0v) is 17.5. The standard InChI is InChI=1S/C22H32N4O3/c1-3-12-23-21(28)17-9-14-24(15-10-17)20(27)11-16-26-19-8-6-5-7-18(19)25(13-4-2)22(26)29/h5-8,17H,3-4,9-16H2,1-2H3,(H,23,28). The van der Waals surface area contributed by atoms with E-state index in [1.165, 1.54) is 0 Å². The van der Waals surface area contributed by atoms with E-state index >= 15 is 0 Å². The number of nitrogens with zero attached hydrogens (tertiary/aromatic N) is 3. The second kappa shape index (κ2) is 9.76. The first-order chi connectivity index (χ1) is 14.1. The summed E-state index contributed by atoms with van der Waals surface area (Å²) in [5, 5.41) is 2.95. The van der Waals surface area contributed by atoms with E-state index in [0.29, 0.717) is 52.0 Å². The number of carbonyl (C=O) groups excluding carboxylic acids is 2. The van der Waals surface area contributed by atoms with Gasteiger partial charge in [0, 0.05) is 45.1 Å². The van der Waals surface area contributed by atoms with E-state index in [4.69, 9.17) is 0 Å². The Hall–Kier alpha value is -2.57. The topological polar surface area (TPSA) is 76.3 Å². The molecule has 2 amide bonds. The van der Waals surface area contributed by atoms with Crippen LogP contribution in [0.1, 0.15) is 46.0 Å². The average Bonchev–Trinajstić information content (AvgIpc) is 3.02. The molecule has 1 fully saturated rings. The maximum Gasteiger partial charge on any atom is 0.329 e. The number of fused-ring (bicyclic) bond motifs is 1. The molecule has 158 valence electrons. The van der Waals surface area contributed by atoms with Crippen LogP contribution in [0.2, 0.25) is 0 Å². The van der Waals surface area contributed by atoms with E-state index in [-0.39, 0.29) is 23.4 Å². The van der Waals surface area contributed by atoms with Gasteiger partial charge in [-0.25, -0.2) is 4.79 Å². The Morgan fingerprint density at radius 3 is 2.21 bits per heavy atom. The molecule has 7 heteroatoms. The summed E-state index contributed by atoms with van der Waals surface area (Å²) in [6, 6.07) is 7.75. The third-order valence-corrected chi connectivity index (χ3v) is 5.69. The Kier molecular flexibility index (Phi) is 7.12. The number of benzene rings is 1. The van der Waals surface area contributed by atoms with Crippen molar-refractivity contribution in [2.45, 2.75) is 59.0 Å². The van der Waals surface area contributed by atoms with Gasteiger partial charge in [0.15, 0.2) is 0 Å². The van der Waals surface area contributed by atoms with Crippen molar-refractivity contribution in [3.05, 3.63) is 34.7 Å². The van der Waals surface area contributed by atoms with E-state index in [1.54, 1.807) is 9.13 Å². The third kappa shape index (κ3) is 4.71. The minimum Gasteiger partial charge on any atom is -0.356 e. The number of hydrogen-bond acceptors (Lipinski definition) is 3. The number of hydrogen-bond donors (Lipinski definition) is 1. The molecule has 29 heavy (non-hydrogen) atoms. The normalized spacial score (nSPS) is 15.0. The molecule has 1 aliphatic rings. The van der Waals surface area contributed by atoms with Crippen molar-refractivity contribution in [2.24, 2.45) is 5.92 Å². The van der Waals surface area contributed by atoms with Gasteiger partial charge in [0.05, 0.1) is 11.0 Å². The molecule has 0 aliphatic carbocycles. The lowest BCUT2D eigenvalue weighted by Gasteiger charge is -2.31. The largest absolute Gasteiger partial charge is 0.356 e. The minimum absolute atomic E-state index is 0.000221. The molecule has 0 atom stereocenters.